The zero-order valence-electron chi connectivity index (χ0n) is 24.1. The van der Waals surface area contributed by atoms with Crippen LogP contribution < -0.4 is 39.7 Å². The molecule has 0 radical (unpaired) electrons. The minimum atomic E-state index is -2.41. The molecule has 204 valence electrons. The summed E-state index contributed by atoms with van der Waals surface area (Å²) in [5.74, 6) is 3.28. The van der Waals surface area contributed by atoms with Crippen LogP contribution in [0.3, 0.4) is 0 Å². The van der Waals surface area contributed by atoms with Crippen LogP contribution in [0.5, 0.6) is 23.0 Å². The molecule has 0 unspecified atom stereocenters. The van der Waals surface area contributed by atoms with E-state index in [-0.39, 0.29) is 0 Å². The van der Waals surface area contributed by atoms with E-state index in [4.69, 9.17) is 23.1 Å². The molecule has 0 aliphatic heterocycles. The van der Waals surface area contributed by atoms with Crippen molar-refractivity contribution in [3.05, 3.63) is 95.1 Å². The highest BCUT2D eigenvalue weighted by atomic mass is 28.4. The van der Waals surface area contributed by atoms with Crippen LogP contribution in [0.1, 0.15) is 22.3 Å². The summed E-state index contributed by atoms with van der Waals surface area (Å²) >= 11 is 0. The van der Waals surface area contributed by atoms with E-state index in [1.807, 2.05) is 24.3 Å². The quantitative estimate of drug-likeness (QED) is 0.280. The smallest absolute Gasteiger partial charge is 0.236 e. The second-order valence-corrected chi connectivity index (χ2v) is 15.0. The molecule has 39 heavy (non-hydrogen) atoms. The molecule has 4 aromatic carbocycles. The molecular weight excluding hydrogens is 521 g/mol. The first-order valence-corrected chi connectivity index (χ1v) is 16.3. The highest BCUT2D eigenvalue weighted by molar-refractivity contribution is 6.93. The van der Waals surface area contributed by atoms with Crippen LogP contribution in [-0.2, 0) is 4.12 Å². The molecule has 4 rings (SSSR count). The Morgan fingerprint density at radius 3 is 0.821 bits per heavy atom. The summed E-state index contributed by atoms with van der Waals surface area (Å²) in [7, 11) is 2.05. The molecule has 0 heterocycles. The SMILES string of the molecule is COc1ccc(C)cc1[SiH](O[SiH](c1cc(C)ccc1OC)c1cc(C)ccc1OC)c1cc(C)ccc1OC. The van der Waals surface area contributed by atoms with Crippen LogP contribution in [-0.4, -0.2) is 46.5 Å². The predicted molar refractivity (Wildman–Crippen MR) is 165 cm³/mol. The summed E-state index contributed by atoms with van der Waals surface area (Å²) in [5.41, 5.74) is 4.60. The first-order chi connectivity index (χ1) is 18.8. The van der Waals surface area contributed by atoms with Gasteiger partial charge in [0.25, 0.3) is 0 Å². The van der Waals surface area contributed by atoms with E-state index < -0.39 is 18.1 Å². The molecule has 0 aliphatic carbocycles. The van der Waals surface area contributed by atoms with Crippen molar-refractivity contribution >= 4 is 38.8 Å². The van der Waals surface area contributed by atoms with Crippen LogP contribution >= 0.6 is 0 Å². The fourth-order valence-corrected chi connectivity index (χ4v) is 12.7. The van der Waals surface area contributed by atoms with Crippen LogP contribution in [0.2, 0.25) is 0 Å². The molecular formula is C32H38O5Si2. The third-order valence-corrected chi connectivity index (χ3v) is 13.2. The van der Waals surface area contributed by atoms with Gasteiger partial charge in [0.1, 0.15) is 23.0 Å². The van der Waals surface area contributed by atoms with Crippen molar-refractivity contribution in [1.29, 1.82) is 0 Å². The molecule has 0 N–H and O–H groups in total. The Balaban J connectivity index is 2.03. The summed E-state index contributed by atoms with van der Waals surface area (Å²) in [4.78, 5) is 0. The minimum Gasteiger partial charge on any atom is -0.497 e. The average Bonchev–Trinajstić information content (AvgIpc) is 2.93. The van der Waals surface area contributed by atoms with Crippen molar-refractivity contribution in [1.82, 2.24) is 0 Å². The number of benzene rings is 4. The van der Waals surface area contributed by atoms with Gasteiger partial charge >= 0.3 is 0 Å². The van der Waals surface area contributed by atoms with E-state index in [2.05, 4.69) is 76.2 Å². The zero-order valence-corrected chi connectivity index (χ0v) is 26.4. The summed E-state index contributed by atoms with van der Waals surface area (Å²) in [5, 5.41) is 4.32. The normalized spacial score (nSPS) is 11.1. The average molecular weight is 559 g/mol. The van der Waals surface area contributed by atoms with E-state index in [0.29, 0.717) is 0 Å². The van der Waals surface area contributed by atoms with Crippen LogP contribution in [0.15, 0.2) is 72.8 Å². The van der Waals surface area contributed by atoms with Gasteiger partial charge < -0.3 is 23.1 Å². The Morgan fingerprint density at radius 2 is 0.615 bits per heavy atom. The standard InChI is InChI=1S/C32H38O5Si2/c1-21-9-13-25(33-5)29(17-21)38(30-18-22(2)10-14-26(30)34-6)37-39(31-19-23(3)11-15-27(31)35-7)32-20-24(4)12-16-28(32)36-8/h9-20,38-39H,1-8H3. The summed E-state index contributed by atoms with van der Waals surface area (Å²) in [6.45, 7) is 8.40. The van der Waals surface area contributed by atoms with E-state index in [1.54, 1.807) is 28.4 Å². The fourth-order valence-electron chi connectivity index (χ4n) is 5.00. The second-order valence-electron chi connectivity index (χ2n) is 9.88. The van der Waals surface area contributed by atoms with E-state index in [1.165, 1.54) is 0 Å². The van der Waals surface area contributed by atoms with E-state index >= 15 is 0 Å². The van der Waals surface area contributed by atoms with Crippen molar-refractivity contribution in [3.63, 3.8) is 0 Å². The van der Waals surface area contributed by atoms with Gasteiger partial charge in [-0.2, -0.15) is 0 Å². The maximum Gasteiger partial charge on any atom is 0.236 e. The Hall–Kier alpha value is -3.53. The monoisotopic (exact) mass is 558 g/mol. The van der Waals surface area contributed by atoms with Gasteiger partial charge in [-0.1, -0.05) is 70.8 Å². The van der Waals surface area contributed by atoms with Gasteiger partial charge in [-0.3, -0.25) is 0 Å². The van der Waals surface area contributed by atoms with Crippen molar-refractivity contribution in [2.24, 2.45) is 0 Å². The Kier molecular flexibility index (Phi) is 9.17. The number of methoxy groups -OCH3 is 4. The minimum absolute atomic E-state index is 0.820. The number of aryl methyl sites for hydroxylation is 4. The molecule has 0 atom stereocenters. The molecule has 7 heteroatoms. The first kappa shape index (κ1) is 28.5. The Bertz CT molecular complexity index is 1240. The van der Waals surface area contributed by atoms with E-state index in [0.717, 1.165) is 66.0 Å². The molecule has 0 amide bonds. The third-order valence-electron chi connectivity index (χ3n) is 6.94. The lowest BCUT2D eigenvalue weighted by Crippen LogP contribution is -2.57. The van der Waals surface area contributed by atoms with E-state index in [9.17, 15) is 0 Å². The molecule has 5 nitrogen and oxygen atoms in total. The Morgan fingerprint density at radius 1 is 0.385 bits per heavy atom. The van der Waals surface area contributed by atoms with Crippen LogP contribution in [0, 0.1) is 27.7 Å². The largest absolute Gasteiger partial charge is 0.497 e. The highest BCUT2D eigenvalue weighted by Gasteiger charge is 2.34. The molecule has 0 bridgehead atoms. The van der Waals surface area contributed by atoms with Crippen molar-refractivity contribution < 1.29 is 23.1 Å². The lowest BCUT2D eigenvalue weighted by Gasteiger charge is -2.29. The lowest BCUT2D eigenvalue weighted by molar-refractivity contribution is 0.414. The molecule has 0 saturated carbocycles. The Labute approximate surface area is 235 Å². The second kappa shape index (κ2) is 12.6. The topological polar surface area (TPSA) is 46.2 Å². The predicted octanol–water partition coefficient (Wildman–Crippen LogP) is 3.35. The van der Waals surface area contributed by atoms with Gasteiger partial charge in [0.05, 0.1) is 28.4 Å². The van der Waals surface area contributed by atoms with Gasteiger partial charge in [0.15, 0.2) is 0 Å². The fraction of sp³-hybridized carbons (Fsp3) is 0.250. The number of rotatable bonds is 10. The van der Waals surface area contributed by atoms with Crippen LogP contribution in [0.25, 0.3) is 0 Å². The summed E-state index contributed by atoms with van der Waals surface area (Å²) in [6, 6.07) is 25.2. The van der Waals surface area contributed by atoms with Crippen molar-refractivity contribution in [3.8, 4) is 23.0 Å². The third kappa shape index (κ3) is 6.22. The maximum absolute atomic E-state index is 7.54. The summed E-state index contributed by atoms with van der Waals surface area (Å²) in [6.07, 6.45) is 0. The molecule has 0 saturated heterocycles. The van der Waals surface area contributed by atoms with Gasteiger partial charge in [-0.25, -0.2) is 0 Å². The maximum atomic E-state index is 7.54. The van der Waals surface area contributed by atoms with Crippen molar-refractivity contribution in [2.45, 2.75) is 27.7 Å². The number of hydrogen-bond acceptors (Lipinski definition) is 5. The van der Waals surface area contributed by atoms with Crippen LogP contribution in [0.4, 0.5) is 0 Å². The number of ether oxygens (including phenoxy) is 4. The molecule has 0 spiro atoms. The molecule has 0 aliphatic rings. The first-order valence-electron chi connectivity index (χ1n) is 13.0. The van der Waals surface area contributed by atoms with Gasteiger partial charge in [-0.15, -0.1) is 0 Å². The van der Waals surface area contributed by atoms with Gasteiger partial charge in [-0.05, 0) is 52.0 Å². The lowest BCUT2D eigenvalue weighted by atomic mass is 10.2. The highest BCUT2D eigenvalue weighted by Crippen LogP contribution is 2.20. The molecule has 0 fully saturated rings. The zero-order chi connectivity index (χ0) is 28.1. The van der Waals surface area contributed by atoms with Crippen molar-refractivity contribution in [2.75, 3.05) is 28.4 Å². The molecule has 0 aromatic heterocycles. The summed E-state index contributed by atoms with van der Waals surface area (Å²) < 4.78 is 31.2. The van der Waals surface area contributed by atoms with Gasteiger partial charge in [0, 0.05) is 20.7 Å². The number of hydrogen-bond donors (Lipinski definition) is 0. The van der Waals surface area contributed by atoms with Gasteiger partial charge in [0.2, 0.25) is 18.1 Å². The molecule has 4 aromatic rings.